The lowest BCUT2D eigenvalue weighted by Crippen LogP contribution is -2.08. The molecule has 0 aliphatic heterocycles. The van der Waals surface area contributed by atoms with Crippen LogP contribution in [0.15, 0.2) is 0 Å². The molecule has 0 aromatic heterocycles. The van der Waals surface area contributed by atoms with Crippen molar-refractivity contribution in [2.45, 2.75) is 419 Å². The molecule has 0 aliphatic rings. The van der Waals surface area contributed by atoms with Gasteiger partial charge in [-0.15, -0.1) is 0 Å². The smallest absolute Gasteiger partial charge is 0.0540 e. The van der Waals surface area contributed by atoms with E-state index in [1.54, 1.807) is 0 Å². The zero-order valence-electron chi connectivity index (χ0n) is 48.6. The number of unbranched alkanes of at least 4 members (excludes halogenated alkanes) is 46. The number of aliphatic hydroxyl groups excluding tert-OH is 1. The lowest BCUT2D eigenvalue weighted by Gasteiger charge is -2.19. The van der Waals surface area contributed by atoms with Crippen LogP contribution in [0.2, 0.25) is 0 Å². The predicted molar refractivity (Wildman–Crippen MR) is 313 cm³/mol. The molecule has 410 valence electrons. The lowest BCUT2D eigenvalue weighted by molar-refractivity contribution is 0.145. The molecule has 0 bridgehead atoms. The maximum atomic E-state index is 11.1. The van der Waals surface area contributed by atoms with Crippen LogP contribution >= 0.6 is 0 Å². The average Bonchev–Trinajstić information content (AvgIpc) is 3.34. The molecule has 0 heterocycles. The summed E-state index contributed by atoms with van der Waals surface area (Å²) in [5.41, 5.74) is 0. The Hall–Kier alpha value is -0.0400. The molecule has 0 atom stereocenters. The van der Waals surface area contributed by atoms with Gasteiger partial charge in [0.15, 0.2) is 0 Å². The molecule has 0 aromatic rings. The highest BCUT2D eigenvalue weighted by molar-refractivity contribution is 4.66. The van der Waals surface area contributed by atoms with Crippen molar-refractivity contribution in [2.75, 3.05) is 0 Å². The highest BCUT2D eigenvalue weighted by atomic mass is 16.3. The SMILES string of the molecule is CCCCCCCCCCCCCCC(CCCCCCCCCCCCCC)CCCCC(O)CCCCC(CCCCCCCCCCCCCC)CCCCCCCCCCCCCC. The summed E-state index contributed by atoms with van der Waals surface area (Å²) >= 11 is 0. The first-order valence-electron chi connectivity index (χ1n) is 33.4. The van der Waals surface area contributed by atoms with Gasteiger partial charge in [-0.05, 0) is 24.7 Å². The Kier molecular flexibility index (Phi) is 61.2. The van der Waals surface area contributed by atoms with Gasteiger partial charge in [-0.1, -0.05) is 400 Å². The Morgan fingerprint density at radius 3 is 0.441 bits per heavy atom. The molecule has 0 amide bonds. The van der Waals surface area contributed by atoms with Crippen molar-refractivity contribution in [3.8, 4) is 0 Å². The first-order valence-corrected chi connectivity index (χ1v) is 33.4. The minimum Gasteiger partial charge on any atom is -0.393 e. The molecule has 0 aliphatic carbocycles. The van der Waals surface area contributed by atoms with Crippen molar-refractivity contribution in [3.05, 3.63) is 0 Å². The minimum atomic E-state index is -0.0627. The van der Waals surface area contributed by atoms with Crippen LogP contribution in [-0.2, 0) is 0 Å². The van der Waals surface area contributed by atoms with Crippen LogP contribution in [0.1, 0.15) is 413 Å². The molecular formula is C67H136O. The van der Waals surface area contributed by atoms with E-state index < -0.39 is 0 Å². The summed E-state index contributed by atoms with van der Waals surface area (Å²) in [6.07, 6.45) is 85.8. The van der Waals surface area contributed by atoms with Gasteiger partial charge in [0.2, 0.25) is 0 Å². The van der Waals surface area contributed by atoms with E-state index in [2.05, 4.69) is 27.7 Å². The summed E-state index contributed by atoms with van der Waals surface area (Å²) < 4.78 is 0. The second-order valence-electron chi connectivity index (χ2n) is 23.7. The molecule has 0 aromatic carbocycles. The van der Waals surface area contributed by atoms with Crippen LogP contribution in [0.3, 0.4) is 0 Å². The molecule has 0 fully saturated rings. The molecule has 1 nitrogen and oxygen atoms in total. The molecule has 1 N–H and O–H groups in total. The van der Waals surface area contributed by atoms with Gasteiger partial charge in [-0.2, -0.15) is 0 Å². The van der Waals surface area contributed by atoms with Crippen molar-refractivity contribution in [2.24, 2.45) is 11.8 Å². The molecular weight excluding hydrogens is 821 g/mol. The molecule has 0 spiro atoms. The molecule has 68 heavy (non-hydrogen) atoms. The van der Waals surface area contributed by atoms with E-state index in [-0.39, 0.29) is 6.10 Å². The maximum absolute atomic E-state index is 11.1. The molecule has 0 rings (SSSR count). The maximum Gasteiger partial charge on any atom is 0.0540 e. The first-order chi connectivity index (χ1) is 33.7. The summed E-state index contributed by atoms with van der Waals surface area (Å²) in [5.74, 6) is 1.87. The average molecular weight is 958 g/mol. The first kappa shape index (κ1) is 68.0. The topological polar surface area (TPSA) is 20.2 Å². The van der Waals surface area contributed by atoms with Crippen LogP contribution in [0.5, 0.6) is 0 Å². The van der Waals surface area contributed by atoms with Crippen LogP contribution < -0.4 is 0 Å². The van der Waals surface area contributed by atoms with Crippen LogP contribution in [-0.4, -0.2) is 11.2 Å². The highest BCUT2D eigenvalue weighted by Crippen LogP contribution is 2.28. The summed E-state index contributed by atoms with van der Waals surface area (Å²) in [6.45, 7) is 9.29. The minimum absolute atomic E-state index is 0.0627. The van der Waals surface area contributed by atoms with Gasteiger partial charge in [-0.3, -0.25) is 0 Å². The van der Waals surface area contributed by atoms with E-state index >= 15 is 0 Å². The number of aliphatic hydroxyl groups is 1. The molecule has 0 saturated heterocycles. The fourth-order valence-corrected chi connectivity index (χ4v) is 11.7. The van der Waals surface area contributed by atoms with Crippen LogP contribution in [0.25, 0.3) is 0 Å². The van der Waals surface area contributed by atoms with Gasteiger partial charge in [0.25, 0.3) is 0 Å². The van der Waals surface area contributed by atoms with E-state index in [0.29, 0.717) is 0 Å². The van der Waals surface area contributed by atoms with E-state index in [9.17, 15) is 5.11 Å². The van der Waals surface area contributed by atoms with Gasteiger partial charge in [0, 0.05) is 0 Å². The van der Waals surface area contributed by atoms with E-state index in [1.807, 2.05) is 0 Å². The third kappa shape index (κ3) is 56.9. The largest absolute Gasteiger partial charge is 0.393 e. The quantitative estimate of drug-likeness (QED) is 0.0602. The fourth-order valence-electron chi connectivity index (χ4n) is 11.7. The van der Waals surface area contributed by atoms with Crippen molar-refractivity contribution in [1.82, 2.24) is 0 Å². The van der Waals surface area contributed by atoms with Gasteiger partial charge in [0.05, 0.1) is 6.10 Å². The van der Waals surface area contributed by atoms with Crippen molar-refractivity contribution in [1.29, 1.82) is 0 Å². The number of hydrogen-bond acceptors (Lipinski definition) is 1. The van der Waals surface area contributed by atoms with Crippen LogP contribution in [0, 0.1) is 11.8 Å². The Morgan fingerprint density at radius 1 is 0.162 bits per heavy atom. The van der Waals surface area contributed by atoms with Gasteiger partial charge in [-0.25, -0.2) is 0 Å². The molecule has 0 saturated carbocycles. The van der Waals surface area contributed by atoms with Gasteiger partial charge >= 0.3 is 0 Å². The molecule has 0 unspecified atom stereocenters. The Balaban J connectivity index is 4.54. The van der Waals surface area contributed by atoms with Crippen LogP contribution in [0.4, 0.5) is 0 Å². The highest BCUT2D eigenvalue weighted by Gasteiger charge is 2.13. The normalized spacial score (nSPS) is 12.0. The lowest BCUT2D eigenvalue weighted by atomic mass is 9.88. The van der Waals surface area contributed by atoms with Gasteiger partial charge < -0.3 is 5.11 Å². The summed E-state index contributed by atoms with van der Waals surface area (Å²) in [6, 6.07) is 0. The van der Waals surface area contributed by atoms with E-state index in [0.717, 1.165) is 24.7 Å². The number of rotatable bonds is 62. The van der Waals surface area contributed by atoms with Crippen molar-refractivity contribution in [3.63, 3.8) is 0 Å². The van der Waals surface area contributed by atoms with Gasteiger partial charge in [0.1, 0.15) is 0 Å². The fraction of sp³-hybridized carbons (Fsp3) is 1.00. The summed E-state index contributed by atoms with van der Waals surface area (Å²) in [7, 11) is 0. The van der Waals surface area contributed by atoms with E-state index in [1.165, 1.54) is 372 Å². The Bertz CT molecular complexity index is 726. The number of hydrogen-bond donors (Lipinski definition) is 1. The zero-order chi connectivity index (χ0) is 49.2. The third-order valence-corrected chi connectivity index (χ3v) is 16.7. The van der Waals surface area contributed by atoms with E-state index in [4.69, 9.17) is 0 Å². The standard InChI is InChI=1S/C67H136O/c1-5-9-13-17-21-25-29-33-37-41-45-49-57-65(58-50-46-42-38-34-30-26-22-18-14-10-6-2)61-53-55-63-67(68)64-56-54-62-66(59-51-47-43-39-35-31-27-23-19-15-11-7-3)60-52-48-44-40-36-32-28-24-20-16-12-8-4/h65-68H,5-64H2,1-4H3. The third-order valence-electron chi connectivity index (χ3n) is 16.7. The van der Waals surface area contributed by atoms with Crippen molar-refractivity contribution < 1.29 is 5.11 Å². The Morgan fingerprint density at radius 2 is 0.279 bits per heavy atom. The second kappa shape index (κ2) is 61.3. The zero-order valence-corrected chi connectivity index (χ0v) is 48.6. The monoisotopic (exact) mass is 957 g/mol. The summed E-state index contributed by atoms with van der Waals surface area (Å²) in [5, 5.41) is 11.1. The second-order valence-corrected chi connectivity index (χ2v) is 23.7. The molecule has 0 radical (unpaired) electrons. The predicted octanol–water partition coefficient (Wildman–Crippen LogP) is 25.1. The van der Waals surface area contributed by atoms with Crippen molar-refractivity contribution >= 4 is 0 Å². The Labute approximate surface area is 434 Å². The summed E-state index contributed by atoms with van der Waals surface area (Å²) in [4.78, 5) is 0. The molecule has 1 heteroatoms.